The van der Waals surface area contributed by atoms with Crippen LogP contribution in [-0.4, -0.2) is 5.16 Å². The van der Waals surface area contributed by atoms with Crippen molar-refractivity contribution in [1.82, 2.24) is 0 Å². The maximum Gasteiger partial charge on any atom is 0.150 e. The van der Waals surface area contributed by atoms with E-state index in [4.69, 9.17) is 0 Å². The molecule has 130 valence electrons. The minimum Gasteiger partial charge on any atom is -0.206 e. The van der Waals surface area contributed by atoms with Crippen LogP contribution in [0.1, 0.15) is 18.9 Å². The second kappa shape index (κ2) is 8.13. The van der Waals surface area contributed by atoms with Gasteiger partial charge in [-0.1, -0.05) is 61.9 Å². The van der Waals surface area contributed by atoms with Crippen molar-refractivity contribution in [2.45, 2.75) is 19.8 Å². The molecule has 0 bridgehead atoms. The summed E-state index contributed by atoms with van der Waals surface area (Å²) in [5.74, 6) is -1.18. The zero-order chi connectivity index (χ0) is 18.5. The number of hydrogen-bond donors (Lipinski definition) is 0. The second-order valence-electron chi connectivity index (χ2n) is 6.01. The average Bonchev–Trinajstić information content (AvgIpc) is 2.66. The first-order valence-corrected chi connectivity index (χ1v) is 8.80. The van der Waals surface area contributed by atoms with Gasteiger partial charge in [-0.2, -0.15) is 4.99 Å². The third-order valence-corrected chi connectivity index (χ3v) is 4.32. The number of aliphatic imine (C=N–C) groups is 1. The van der Waals surface area contributed by atoms with Gasteiger partial charge in [0.05, 0.1) is 5.16 Å². The molecular weight excluding hydrogens is 348 g/mol. The van der Waals surface area contributed by atoms with Gasteiger partial charge in [0.1, 0.15) is 17.3 Å². The minimum atomic E-state index is -0.630. The lowest BCUT2D eigenvalue weighted by Crippen LogP contribution is -1.88. The molecule has 26 heavy (non-hydrogen) atoms. The summed E-state index contributed by atoms with van der Waals surface area (Å²) in [5, 5.41) is 2.05. The van der Waals surface area contributed by atoms with Crippen molar-refractivity contribution in [3.05, 3.63) is 77.9 Å². The van der Waals surface area contributed by atoms with Gasteiger partial charge >= 0.3 is 0 Å². The molecule has 0 radical (unpaired) electrons. The topological polar surface area (TPSA) is 12.4 Å². The van der Waals surface area contributed by atoms with Crippen LogP contribution in [0.4, 0.5) is 14.5 Å². The zero-order valence-electron chi connectivity index (χ0n) is 14.3. The fraction of sp³-hybridized carbons (Fsp3) is 0.136. The lowest BCUT2D eigenvalue weighted by atomic mass is 9.98. The molecule has 0 amide bonds. The molecule has 0 saturated heterocycles. The van der Waals surface area contributed by atoms with Crippen molar-refractivity contribution in [2.75, 3.05) is 0 Å². The van der Waals surface area contributed by atoms with Gasteiger partial charge in [-0.15, -0.1) is 0 Å². The highest BCUT2D eigenvalue weighted by molar-refractivity contribution is 7.78. The highest BCUT2D eigenvalue weighted by Crippen LogP contribution is 2.31. The van der Waals surface area contributed by atoms with Gasteiger partial charge in [0, 0.05) is 11.6 Å². The summed E-state index contributed by atoms with van der Waals surface area (Å²) in [5.41, 5.74) is 4.07. The molecule has 3 rings (SSSR count). The van der Waals surface area contributed by atoms with Crippen LogP contribution in [0.5, 0.6) is 0 Å². The molecule has 1 nitrogen and oxygen atoms in total. The van der Waals surface area contributed by atoms with Crippen LogP contribution < -0.4 is 0 Å². The maximum atomic E-state index is 14.3. The van der Waals surface area contributed by atoms with E-state index in [1.807, 2.05) is 12.1 Å². The van der Waals surface area contributed by atoms with Crippen LogP contribution in [0, 0.1) is 11.6 Å². The predicted molar refractivity (Wildman–Crippen MR) is 106 cm³/mol. The fourth-order valence-corrected chi connectivity index (χ4v) is 2.99. The minimum absolute atomic E-state index is 0.148. The van der Waals surface area contributed by atoms with E-state index >= 15 is 0 Å². The van der Waals surface area contributed by atoms with Crippen LogP contribution in [0.25, 0.3) is 22.3 Å². The van der Waals surface area contributed by atoms with Gasteiger partial charge in [0.2, 0.25) is 0 Å². The van der Waals surface area contributed by atoms with E-state index in [0.29, 0.717) is 5.56 Å². The molecule has 0 aliphatic heterocycles. The number of thiocarbonyl (C=S) groups is 1. The van der Waals surface area contributed by atoms with Crippen LogP contribution in [-0.2, 0) is 6.42 Å². The Hall–Kier alpha value is -2.68. The molecule has 3 aromatic rings. The number of aryl methyl sites for hydroxylation is 1. The third kappa shape index (κ3) is 3.93. The molecule has 0 aliphatic carbocycles. The van der Waals surface area contributed by atoms with Crippen LogP contribution >= 0.6 is 12.2 Å². The SMILES string of the molecule is CCCc1ccc(-c2ccc(-c3cc(F)c(N=C=S)cc3F)cc2)cc1. The fourth-order valence-electron chi connectivity index (χ4n) is 2.89. The number of halogens is 2. The lowest BCUT2D eigenvalue weighted by molar-refractivity contribution is 0.605. The first-order chi connectivity index (χ1) is 12.6. The summed E-state index contributed by atoms with van der Waals surface area (Å²) >= 11 is 4.44. The first-order valence-electron chi connectivity index (χ1n) is 8.39. The molecule has 0 fully saturated rings. The molecule has 0 atom stereocenters. The van der Waals surface area contributed by atoms with Gasteiger partial charge < -0.3 is 0 Å². The van der Waals surface area contributed by atoms with Gasteiger partial charge in [0.25, 0.3) is 0 Å². The Morgan fingerprint density at radius 3 is 2.00 bits per heavy atom. The lowest BCUT2D eigenvalue weighted by Gasteiger charge is -2.08. The highest BCUT2D eigenvalue weighted by Gasteiger charge is 2.11. The predicted octanol–water partition coefficient (Wildman–Crippen LogP) is 6.99. The Kier molecular flexibility index (Phi) is 5.67. The Bertz CT molecular complexity index is 957. The number of nitrogens with zero attached hydrogens (tertiary/aromatic N) is 1. The number of benzene rings is 3. The van der Waals surface area contributed by atoms with E-state index in [2.05, 4.69) is 53.6 Å². The molecule has 0 aromatic heterocycles. The molecule has 0 saturated carbocycles. The van der Waals surface area contributed by atoms with E-state index in [1.165, 1.54) is 5.56 Å². The Morgan fingerprint density at radius 1 is 0.846 bits per heavy atom. The normalized spacial score (nSPS) is 10.4. The monoisotopic (exact) mass is 365 g/mol. The molecule has 3 aromatic carbocycles. The Labute approximate surface area is 157 Å². The van der Waals surface area contributed by atoms with Gasteiger partial charge in [-0.3, -0.25) is 0 Å². The van der Waals surface area contributed by atoms with Crippen molar-refractivity contribution < 1.29 is 8.78 Å². The van der Waals surface area contributed by atoms with Crippen molar-refractivity contribution in [3.63, 3.8) is 0 Å². The van der Waals surface area contributed by atoms with Gasteiger partial charge in [-0.05, 0) is 47.0 Å². The second-order valence-corrected chi connectivity index (χ2v) is 6.19. The van der Waals surface area contributed by atoms with Crippen molar-refractivity contribution in [2.24, 2.45) is 4.99 Å². The van der Waals surface area contributed by atoms with Crippen LogP contribution in [0.2, 0.25) is 0 Å². The summed E-state index contributed by atoms with van der Waals surface area (Å²) in [4.78, 5) is 3.53. The smallest absolute Gasteiger partial charge is 0.150 e. The number of rotatable bonds is 5. The van der Waals surface area contributed by atoms with Crippen LogP contribution in [0.3, 0.4) is 0 Å². The summed E-state index contributed by atoms with van der Waals surface area (Å²) in [6, 6.07) is 18.0. The molecule has 4 heteroatoms. The standard InChI is InChI=1S/C22H17F2NS/c1-2-3-15-4-6-16(7-5-15)17-8-10-18(11-9-17)19-12-21(24)22(25-14-26)13-20(19)23/h4-13H,2-3H2,1H3. The van der Waals surface area contributed by atoms with Crippen molar-refractivity contribution >= 4 is 23.1 Å². The third-order valence-electron chi connectivity index (χ3n) is 4.22. The summed E-state index contributed by atoms with van der Waals surface area (Å²) < 4.78 is 28.3. The van der Waals surface area contributed by atoms with Crippen molar-refractivity contribution in [1.29, 1.82) is 0 Å². The molecule has 0 spiro atoms. The zero-order valence-corrected chi connectivity index (χ0v) is 15.1. The average molecular weight is 365 g/mol. The molecule has 0 aliphatic rings. The summed E-state index contributed by atoms with van der Waals surface area (Å²) in [7, 11) is 0. The van der Waals surface area contributed by atoms with E-state index in [9.17, 15) is 8.78 Å². The van der Waals surface area contributed by atoms with Crippen molar-refractivity contribution in [3.8, 4) is 22.3 Å². The molecule has 0 unspecified atom stereocenters. The summed E-state index contributed by atoms with van der Waals surface area (Å²) in [6.07, 6.45) is 2.18. The molecular formula is C22H17F2NS. The number of hydrogen-bond acceptors (Lipinski definition) is 2. The Balaban J connectivity index is 1.90. The van der Waals surface area contributed by atoms with Gasteiger partial charge in [0.15, 0.2) is 0 Å². The first kappa shape index (κ1) is 18.1. The quantitative estimate of drug-likeness (QED) is 0.351. The maximum absolute atomic E-state index is 14.3. The molecule has 0 N–H and O–H groups in total. The van der Waals surface area contributed by atoms with E-state index in [1.54, 1.807) is 12.1 Å². The Morgan fingerprint density at radius 2 is 1.42 bits per heavy atom. The molecule has 0 heterocycles. The van der Waals surface area contributed by atoms with Crippen LogP contribution in [0.15, 0.2) is 65.7 Å². The van der Waals surface area contributed by atoms with E-state index in [-0.39, 0.29) is 11.3 Å². The largest absolute Gasteiger partial charge is 0.206 e. The summed E-state index contributed by atoms with van der Waals surface area (Å²) in [6.45, 7) is 2.16. The number of isothiocyanates is 1. The van der Waals surface area contributed by atoms with E-state index in [0.717, 1.165) is 36.1 Å². The van der Waals surface area contributed by atoms with E-state index < -0.39 is 11.6 Å². The van der Waals surface area contributed by atoms with Gasteiger partial charge in [-0.25, -0.2) is 8.78 Å². The highest BCUT2D eigenvalue weighted by atomic mass is 32.1.